The van der Waals surface area contributed by atoms with Gasteiger partial charge < -0.3 is 0 Å². The van der Waals surface area contributed by atoms with Gasteiger partial charge in [-0.05, 0) is 18.9 Å². The van der Waals surface area contributed by atoms with Crippen molar-refractivity contribution in [3.63, 3.8) is 0 Å². The smallest absolute Gasteiger partial charge is 0.166 e. The molecule has 7 heteroatoms. The normalized spacial score (nSPS) is 12.9. The molecule has 0 aliphatic heterocycles. The highest BCUT2D eigenvalue weighted by molar-refractivity contribution is 7.12. The maximum absolute atomic E-state index is 12.8. The molecule has 0 spiro atoms. The molecule has 22 heavy (non-hydrogen) atoms. The zero-order chi connectivity index (χ0) is 16.8. The lowest BCUT2D eigenvalue weighted by molar-refractivity contribution is -0.140. The van der Waals surface area contributed by atoms with Crippen molar-refractivity contribution in [2.75, 3.05) is 0 Å². The van der Waals surface area contributed by atoms with E-state index in [9.17, 15) is 26.3 Å². The minimum absolute atomic E-state index is 0.0589. The summed E-state index contributed by atoms with van der Waals surface area (Å²) in [5.74, 6) is 0. The number of hydrogen-bond donors (Lipinski definition) is 0. The third-order valence-electron chi connectivity index (χ3n) is 3.40. The van der Waals surface area contributed by atoms with Gasteiger partial charge in [-0.2, -0.15) is 26.3 Å². The lowest BCUT2D eigenvalue weighted by atomic mass is 10.1. The van der Waals surface area contributed by atoms with Crippen molar-refractivity contribution in [3.05, 3.63) is 21.4 Å². The highest BCUT2D eigenvalue weighted by Crippen LogP contribution is 2.43. The van der Waals surface area contributed by atoms with Crippen LogP contribution in [0.15, 0.2) is 6.07 Å². The molecule has 0 saturated heterocycles. The maximum Gasteiger partial charge on any atom is 0.425 e. The van der Waals surface area contributed by atoms with Gasteiger partial charge in [-0.25, -0.2) is 0 Å². The number of unbranched alkanes of at least 4 members (excludes halogenated alkanes) is 6. The molecule has 0 amide bonds. The molecule has 0 saturated carbocycles. The van der Waals surface area contributed by atoms with Crippen molar-refractivity contribution in [1.29, 1.82) is 0 Å². The standard InChI is InChI=1S/C15H20F6S/c1-2-3-4-5-6-7-8-9-12-11(14(16,17)18)10-13(22-12)15(19,20)21/h10H,2-9H2,1H3. The van der Waals surface area contributed by atoms with Crippen LogP contribution in [0.1, 0.15) is 67.2 Å². The lowest BCUT2D eigenvalue weighted by Gasteiger charge is -2.07. The van der Waals surface area contributed by atoms with Crippen LogP contribution in [0, 0.1) is 0 Å². The zero-order valence-corrected chi connectivity index (χ0v) is 13.2. The second-order valence-electron chi connectivity index (χ2n) is 5.31. The van der Waals surface area contributed by atoms with E-state index >= 15 is 0 Å². The van der Waals surface area contributed by atoms with E-state index in [4.69, 9.17) is 0 Å². The summed E-state index contributed by atoms with van der Waals surface area (Å²) in [6.07, 6.45) is -2.85. The van der Waals surface area contributed by atoms with E-state index < -0.39 is 22.8 Å². The minimum atomic E-state index is -4.73. The molecule has 0 radical (unpaired) electrons. The molecule has 0 unspecified atom stereocenters. The van der Waals surface area contributed by atoms with Gasteiger partial charge in [0, 0.05) is 4.88 Å². The fourth-order valence-corrected chi connectivity index (χ4v) is 3.33. The van der Waals surface area contributed by atoms with Crippen molar-refractivity contribution in [2.24, 2.45) is 0 Å². The van der Waals surface area contributed by atoms with Gasteiger partial charge in [0.25, 0.3) is 0 Å². The number of rotatable bonds is 8. The number of aryl methyl sites for hydroxylation is 1. The summed E-state index contributed by atoms with van der Waals surface area (Å²) in [5.41, 5.74) is -1.13. The van der Waals surface area contributed by atoms with Crippen LogP contribution < -0.4 is 0 Å². The zero-order valence-electron chi connectivity index (χ0n) is 12.4. The third kappa shape index (κ3) is 6.18. The monoisotopic (exact) mass is 346 g/mol. The summed E-state index contributed by atoms with van der Waals surface area (Å²) in [4.78, 5) is -1.37. The van der Waals surface area contributed by atoms with E-state index in [0.29, 0.717) is 6.42 Å². The van der Waals surface area contributed by atoms with Crippen LogP contribution in [0.25, 0.3) is 0 Å². The fourth-order valence-electron chi connectivity index (χ4n) is 2.24. The van der Waals surface area contributed by atoms with E-state index in [0.717, 1.165) is 38.5 Å². The van der Waals surface area contributed by atoms with Gasteiger partial charge in [0.05, 0.1) is 5.56 Å². The molecule has 128 valence electrons. The summed E-state index contributed by atoms with van der Waals surface area (Å²) in [6.45, 7) is 2.09. The van der Waals surface area contributed by atoms with Crippen molar-refractivity contribution in [1.82, 2.24) is 0 Å². The predicted molar refractivity (Wildman–Crippen MR) is 76.0 cm³/mol. The minimum Gasteiger partial charge on any atom is -0.166 e. The second kappa shape index (κ2) is 8.22. The molecular formula is C15H20F6S. The van der Waals surface area contributed by atoms with Crippen molar-refractivity contribution >= 4 is 11.3 Å². The van der Waals surface area contributed by atoms with Gasteiger partial charge >= 0.3 is 12.4 Å². The van der Waals surface area contributed by atoms with E-state index in [2.05, 4.69) is 6.92 Å². The van der Waals surface area contributed by atoms with Gasteiger partial charge in [-0.3, -0.25) is 0 Å². The van der Waals surface area contributed by atoms with Gasteiger partial charge in [0.1, 0.15) is 4.88 Å². The second-order valence-corrected chi connectivity index (χ2v) is 6.45. The largest absolute Gasteiger partial charge is 0.425 e. The first kappa shape index (κ1) is 19.3. The van der Waals surface area contributed by atoms with Gasteiger partial charge in [0.15, 0.2) is 0 Å². The van der Waals surface area contributed by atoms with E-state index in [-0.39, 0.29) is 28.7 Å². The Morgan fingerprint density at radius 1 is 0.818 bits per heavy atom. The molecule has 1 heterocycles. The molecule has 0 N–H and O–H groups in total. The highest BCUT2D eigenvalue weighted by atomic mass is 32.1. The molecule has 0 atom stereocenters. The Morgan fingerprint density at radius 2 is 1.36 bits per heavy atom. The SMILES string of the molecule is CCCCCCCCCc1sc(C(F)(F)F)cc1C(F)(F)F. The topological polar surface area (TPSA) is 0 Å². The summed E-state index contributed by atoms with van der Waals surface area (Å²) >= 11 is 0.220. The number of thiophene rings is 1. The molecule has 0 bridgehead atoms. The number of halogens is 6. The lowest BCUT2D eigenvalue weighted by Crippen LogP contribution is -2.07. The van der Waals surface area contributed by atoms with Gasteiger partial charge in [-0.1, -0.05) is 45.4 Å². The van der Waals surface area contributed by atoms with E-state index in [1.165, 1.54) is 0 Å². The number of alkyl halides is 6. The predicted octanol–water partition coefficient (Wildman–Crippen LogP) is 7.08. The van der Waals surface area contributed by atoms with Crippen molar-refractivity contribution in [2.45, 2.75) is 70.6 Å². The molecule has 1 rings (SSSR count). The molecule has 0 aliphatic rings. The Hall–Kier alpha value is -0.720. The summed E-state index contributed by atoms with van der Waals surface area (Å²) in [7, 11) is 0. The van der Waals surface area contributed by atoms with Crippen LogP contribution in [-0.4, -0.2) is 0 Å². The van der Waals surface area contributed by atoms with E-state index in [1.54, 1.807) is 0 Å². The Bertz CT molecular complexity index is 444. The first-order valence-electron chi connectivity index (χ1n) is 7.43. The molecule has 1 aromatic heterocycles. The van der Waals surface area contributed by atoms with E-state index in [1.807, 2.05) is 0 Å². The summed E-state index contributed by atoms with van der Waals surface area (Å²) in [6, 6.07) is 0.237. The quantitative estimate of drug-likeness (QED) is 0.348. The Balaban J connectivity index is 2.59. The average Bonchev–Trinajstić information content (AvgIpc) is 2.81. The van der Waals surface area contributed by atoms with Crippen LogP contribution in [0.4, 0.5) is 26.3 Å². The first-order valence-corrected chi connectivity index (χ1v) is 8.25. The van der Waals surface area contributed by atoms with Crippen LogP contribution in [0.3, 0.4) is 0 Å². The molecule has 0 aliphatic carbocycles. The molecule has 0 nitrogen and oxygen atoms in total. The van der Waals surface area contributed by atoms with Gasteiger partial charge in [-0.15, -0.1) is 11.3 Å². The Morgan fingerprint density at radius 3 is 1.86 bits per heavy atom. The molecule has 0 fully saturated rings. The van der Waals surface area contributed by atoms with Gasteiger partial charge in [0.2, 0.25) is 0 Å². The fraction of sp³-hybridized carbons (Fsp3) is 0.733. The first-order chi connectivity index (χ1) is 10.2. The Labute approximate surface area is 130 Å². The molecule has 1 aromatic rings. The van der Waals surface area contributed by atoms with Crippen molar-refractivity contribution in [3.8, 4) is 0 Å². The highest BCUT2D eigenvalue weighted by Gasteiger charge is 2.40. The molecular weight excluding hydrogens is 326 g/mol. The maximum atomic E-state index is 12.8. The van der Waals surface area contributed by atoms with Crippen LogP contribution in [-0.2, 0) is 18.8 Å². The van der Waals surface area contributed by atoms with Crippen LogP contribution in [0.2, 0.25) is 0 Å². The van der Waals surface area contributed by atoms with Crippen LogP contribution >= 0.6 is 11.3 Å². The molecule has 0 aromatic carbocycles. The third-order valence-corrected chi connectivity index (χ3v) is 4.64. The van der Waals surface area contributed by atoms with Crippen molar-refractivity contribution < 1.29 is 26.3 Å². The number of hydrogen-bond acceptors (Lipinski definition) is 1. The van der Waals surface area contributed by atoms with Crippen LogP contribution in [0.5, 0.6) is 0 Å². The average molecular weight is 346 g/mol. The Kier molecular flexibility index (Phi) is 7.22. The summed E-state index contributed by atoms with van der Waals surface area (Å²) < 4.78 is 76.1. The summed E-state index contributed by atoms with van der Waals surface area (Å²) in [5, 5.41) is 0.